The van der Waals surface area contributed by atoms with Crippen molar-refractivity contribution in [2.75, 3.05) is 5.32 Å². The van der Waals surface area contributed by atoms with Gasteiger partial charge in [0, 0.05) is 22.8 Å². The van der Waals surface area contributed by atoms with Gasteiger partial charge >= 0.3 is 0 Å². The summed E-state index contributed by atoms with van der Waals surface area (Å²) in [6, 6.07) is 12.9. The molecule has 0 spiro atoms. The molecule has 0 fully saturated rings. The Morgan fingerprint density at radius 2 is 2.05 bits per heavy atom. The summed E-state index contributed by atoms with van der Waals surface area (Å²) in [5.41, 5.74) is 8.36. The Morgan fingerprint density at radius 1 is 1.23 bits per heavy atom. The van der Waals surface area contributed by atoms with Gasteiger partial charge in [-0.2, -0.15) is 0 Å². The largest absolute Gasteiger partial charge is 0.361 e. The number of halogens is 1. The molecule has 1 heterocycles. The lowest BCUT2D eigenvalue weighted by atomic mass is 10.0. The third kappa shape index (κ3) is 2.99. The zero-order valence-corrected chi connectivity index (χ0v) is 11.8. The smallest absolute Gasteiger partial charge is 0.241 e. The zero-order chi connectivity index (χ0) is 15.5. The molecule has 3 aromatic rings. The van der Waals surface area contributed by atoms with Crippen LogP contribution in [-0.4, -0.2) is 16.9 Å². The molecule has 1 amide bonds. The van der Waals surface area contributed by atoms with E-state index >= 15 is 0 Å². The van der Waals surface area contributed by atoms with Crippen molar-refractivity contribution >= 4 is 22.5 Å². The first-order valence-electron chi connectivity index (χ1n) is 7.00. The van der Waals surface area contributed by atoms with E-state index in [1.807, 2.05) is 30.5 Å². The van der Waals surface area contributed by atoms with Gasteiger partial charge in [0.05, 0.1) is 6.04 Å². The summed E-state index contributed by atoms with van der Waals surface area (Å²) >= 11 is 0. The van der Waals surface area contributed by atoms with Crippen LogP contribution in [0.2, 0.25) is 0 Å². The summed E-state index contributed by atoms with van der Waals surface area (Å²) in [5, 5.41) is 3.68. The van der Waals surface area contributed by atoms with Crippen LogP contribution < -0.4 is 11.1 Å². The van der Waals surface area contributed by atoms with Crippen LogP contribution in [0.4, 0.5) is 10.1 Å². The number of aromatic nitrogens is 1. The Labute approximate surface area is 127 Å². The molecule has 0 aliphatic carbocycles. The highest BCUT2D eigenvalue weighted by atomic mass is 19.1. The lowest BCUT2D eigenvalue weighted by molar-refractivity contribution is -0.117. The number of aromatic amines is 1. The van der Waals surface area contributed by atoms with E-state index in [0.29, 0.717) is 12.1 Å². The predicted molar refractivity (Wildman–Crippen MR) is 85.0 cm³/mol. The molecule has 4 nitrogen and oxygen atoms in total. The number of nitrogens with two attached hydrogens (primary N) is 1. The number of carbonyl (C=O) groups excluding carboxylic acids is 1. The van der Waals surface area contributed by atoms with Crippen molar-refractivity contribution in [1.29, 1.82) is 0 Å². The van der Waals surface area contributed by atoms with Crippen LogP contribution in [0.3, 0.4) is 0 Å². The van der Waals surface area contributed by atoms with Gasteiger partial charge in [0.1, 0.15) is 5.82 Å². The molecule has 22 heavy (non-hydrogen) atoms. The molecule has 1 atom stereocenters. The fourth-order valence-corrected chi connectivity index (χ4v) is 2.43. The summed E-state index contributed by atoms with van der Waals surface area (Å²) in [7, 11) is 0. The minimum Gasteiger partial charge on any atom is -0.361 e. The highest BCUT2D eigenvalue weighted by Crippen LogP contribution is 2.19. The number of rotatable bonds is 4. The van der Waals surface area contributed by atoms with Gasteiger partial charge in [0.25, 0.3) is 0 Å². The van der Waals surface area contributed by atoms with Crippen LogP contribution in [0.15, 0.2) is 54.7 Å². The maximum Gasteiger partial charge on any atom is 0.241 e. The van der Waals surface area contributed by atoms with Crippen molar-refractivity contribution in [3.05, 3.63) is 66.1 Å². The van der Waals surface area contributed by atoms with Crippen LogP contribution in [0, 0.1) is 5.82 Å². The molecular formula is C17H16FN3O. The third-order valence-corrected chi connectivity index (χ3v) is 3.54. The molecule has 0 unspecified atom stereocenters. The van der Waals surface area contributed by atoms with Gasteiger partial charge in [-0.05, 0) is 36.2 Å². The number of amides is 1. The topological polar surface area (TPSA) is 70.9 Å². The standard InChI is InChI=1S/C17H16FN3O/c18-12-4-3-5-13(9-12)21-17(22)15(19)8-11-10-20-16-7-2-1-6-14(11)16/h1-7,9-10,15,20H,8,19H2,(H,21,22)/t15-/m0/s1. The first kappa shape index (κ1) is 14.3. The lowest BCUT2D eigenvalue weighted by Gasteiger charge is -2.12. The van der Waals surface area contributed by atoms with Crippen LogP contribution in [0.5, 0.6) is 0 Å². The molecule has 0 aliphatic rings. The van der Waals surface area contributed by atoms with Gasteiger partial charge in [0.2, 0.25) is 5.91 Å². The van der Waals surface area contributed by atoms with Gasteiger partial charge in [-0.1, -0.05) is 24.3 Å². The van der Waals surface area contributed by atoms with E-state index in [4.69, 9.17) is 5.73 Å². The predicted octanol–water partition coefficient (Wildman–Crippen LogP) is 2.82. The number of carbonyl (C=O) groups is 1. The number of para-hydroxylation sites is 1. The van der Waals surface area contributed by atoms with E-state index in [1.165, 1.54) is 18.2 Å². The van der Waals surface area contributed by atoms with Crippen molar-refractivity contribution in [2.24, 2.45) is 5.73 Å². The van der Waals surface area contributed by atoms with Gasteiger partial charge in [-0.15, -0.1) is 0 Å². The van der Waals surface area contributed by atoms with Gasteiger partial charge in [0.15, 0.2) is 0 Å². The van der Waals surface area contributed by atoms with Crippen LogP contribution >= 0.6 is 0 Å². The molecule has 0 saturated heterocycles. The Kier molecular flexibility index (Phi) is 3.89. The molecule has 2 aromatic carbocycles. The first-order valence-corrected chi connectivity index (χ1v) is 7.00. The van der Waals surface area contributed by atoms with Crippen LogP contribution in [0.1, 0.15) is 5.56 Å². The number of fused-ring (bicyclic) bond motifs is 1. The second kappa shape index (κ2) is 5.99. The molecule has 3 rings (SSSR count). The zero-order valence-electron chi connectivity index (χ0n) is 11.8. The summed E-state index contributed by atoms with van der Waals surface area (Å²) in [4.78, 5) is 15.3. The Balaban J connectivity index is 1.71. The number of H-pyrrole nitrogens is 1. The Hall–Kier alpha value is -2.66. The molecular weight excluding hydrogens is 281 g/mol. The quantitative estimate of drug-likeness (QED) is 0.693. The first-order chi connectivity index (χ1) is 10.6. The highest BCUT2D eigenvalue weighted by molar-refractivity contribution is 5.95. The Morgan fingerprint density at radius 3 is 2.86 bits per heavy atom. The molecule has 0 radical (unpaired) electrons. The minimum atomic E-state index is -0.706. The second-order valence-electron chi connectivity index (χ2n) is 5.17. The number of hydrogen-bond donors (Lipinski definition) is 3. The van der Waals surface area contributed by atoms with E-state index in [2.05, 4.69) is 10.3 Å². The van der Waals surface area contributed by atoms with Gasteiger partial charge in [-0.3, -0.25) is 4.79 Å². The van der Waals surface area contributed by atoms with Crippen molar-refractivity contribution in [1.82, 2.24) is 4.98 Å². The van der Waals surface area contributed by atoms with E-state index in [-0.39, 0.29) is 5.91 Å². The van der Waals surface area contributed by atoms with E-state index in [9.17, 15) is 9.18 Å². The van der Waals surface area contributed by atoms with Crippen molar-refractivity contribution in [2.45, 2.75) is 12.5 Å². The maximum absolute atomic E-state index is 13.1. The fourth-order valence-electron chi connectivity index (χ4n) is 2.43. The van der Waals surface area contributed by atoms with Gasteiger partial charge < -0.3 is 16.0 Å². The molecule has 1 aromatic heterocycles. The summed E-state index contributed by atoms with van der Waals surface area (Å²) < 4.78 is 13.1. The minimum absolute atomic E-state index is 0.337. The van der Waals surface area contributed by atoms with Gasteiger partial charge in [-0.25, -0.2) is 4.39 Å². The SMILES string of the molecule is N[C@@H](Cc1c[nH]c2ccccc12)C(=O)Nc1cccc(F)c1. The fraction of sp³-hybridized carbons (Fsp3) is 0.118. The number of benzene rings is 2. The average molecular weight is 297 g/mol. The lowest BCUT2D eigenvalue weighted by Crippen LogP contribution is -2.37. The van der Waals surface area contributed by atoms with Crippen molar-refractivity contribution in [3.63, 3.8) is 0 Å². The average Bonchev–Trinajstić information content (AvgIpc) is 2.90. The molecule has 0 aliphatic heterocycles. The molecule has 112 valence electrons. The second-order valence-corrected chi connectivity index (χ2v) is 5.17. The number of nitrogens with one attached hydrogen (secondary N) is 2. The van der Waals surface area contributed by atoms with E-state index < -0.39 is 11.9 Å². The normalized spacial score (nSPS) is 12.3. The summed E-state index contributed by atoms with van der Waals surface area (Å²) in [6.07, 6.45) is 2.27. The van der Waals surface area contributed by atoms with Crippen LogP contribution in [0.25, 0.3) is 10.9 Å². The molecule has 0 bridgehead atoms. The Bertz CT molecular complexity index is 812. The third-order valence-electron chi connectivity index (χ3n) is 3.54. The summed E-state index contributed by atoms with van der Waals surface area (Å²) in [5.74, 6) is -0.737. The monoisotopic (exact) mass is 297 g/mol. The number of hydrogen-bond acceptors (Lipinski definition) is 2. The van der Waals surface area contributed by atoms with E-state index in [1.54, 1.807) is 6.07 Å². The molecule has 0 saturated carbocycles. The molecule has 5 heteroatoms. The highest BCUT2D eigenvalue weighted by Gasteiger charge is 2.16. The summed E-state index contributed by atoms with van der Waals surface area (Å²) in [6.45, 7) is 0. The van der Waals surface area contributed by atoms with Crippen molar-refractivity contribution in [3.8, 4) is 0 Å². The number of anilines is 1. The molecule has 4 N–H and O–H groups in total. The van der Waals surface area contributed by atoms with E-state index in [0.717, 1.165) is 16.5 Å². The van der Waals surface area contributed by atoms with Crippen molar-refractivity contribution < 1.29 is 9.18 Å². The van der Waals surface area contributed by atoms with Crippen LogP contribution in [-0.2, 0) is 11.2 Å². The maximum atomic E-state index is 13.1.